The second-order valence-electron chi connectivity index (χ2n) is 6.90. The van der Waals surface area contributed by atoms with Gasteiger partial charge in [0, 0.05) is 17.6 Å². The van der Waals surface area contributed by atoms with Gasteiger partial charge >= 0.3 is 11.9 Å². The summed E-state index contributed by atoms with van der Waals surface area (Å²) >= 11 is 0. The molecule has 28 heavy (non-hydrogen) atoms. The van der Waals surface area contributed by atoms with Crippen LogP contribution in [-0.4, -0.2) is 20.7 Å². The largest absolute Gasteiger partial charge is 0.416 e. The Labute approximate surface area is 159 Å². The zero-order valence-electron chi connectivity index (χ0n) is 14.6. The summed E-state index contributed by atoms with van der Waals surface area (Å²) in [5, 5.41) is 3.09. The summed E-state index contributed by atoms with van der Waals surface area (Å²) in [6.07, 6.45) is -2.08. The van der Waals surface area contributed by atoms with Gasteiger partial charge in [-0.25, -0.2) is 8.42 Å². The van der Waals surface area contributed by atoms with E-state index in [9.17, 15) is 30.4 Å². The molecule has 0 heterocycles. The van der Waals surface area contributed by atoms with Crippen LogP contribution in [0.3, 0.4) is 0 Å². The first kappa shape index (κ1) is 20.6. The maximum absolute atomic E-state index is 13.0. The maximum atomic E-state index is 13.0. The lowest BCUT2D eigenvalue weighted by Crippen LogP contribution is -2.41. The molecule has 1 aliphatic carbocycles. The van der Waals surface area contributed by atoms with Gasteiger partial charge in [-0.3, -0.25) is 0 Å². The van der Waals surface area contributed by atoms with E-state index in [-0.39, 0.29) is 0 Å². The van der Waals surface area contributed by atoms with Crippen LogP contribution in [0.15, 0.2) is 53.4 Å². The first-order valence-corrected chi connectivity index (χ1v) is 10.1. The number of nitrogens with one attached hydrogen (secondary N) is 1. The predicted molar refractivity (Wildman–Crippen MR) is 95.1 cm³/mol. The Bertz CT molecular complexity index is 936. The molecule has 0 atom stereocenters. The molecule has 0 aliphatic heterocycles. The average molecular weight is 419 g/mol. The number of hydrogen-bond donors (Lipinski definition) is 1. The number of benzene rings is 2. The van der Waals surface area contributed by atoms with Gasteiger partial charge in [0.1, 0.15) is 0 Å². The Morgan fingerprint density at radius 3 is 2.18 bits per heavy atom. The molecule has 1 N–H and O–H groups in total. The summed E-state index contributed by atoms with van der Waals surface area (Å²) in [7, 11) is -4.66. The van der Waals surface area contributed by atoms with Crippen molar-refractivity contribution in [2.24, 2.45) is 0 Å². The lowest BCUT2D eigenvalue weighted by molar-refractivity contribution is -0.137. The van der Waals surface area contributed by atoms with E-state index < -0.39 is 37.6 Å². The lowest BCUT2D eigenvalue weighted by Gasteiger charge is -2.43. The van der Waals surface area contributed by atoms with Gasteiger partial charge in [-0.05, 0) is 48.7 Å². The fourth-order valence-electron chi connectivity index (χ4n) is 3.33. The summed E-state index contributed by atoms with van der Waals surface area (Å²) < 4.78 is 87.1. The highest BCUT2D eigenvalue weighted by atomic mass is 32.2. The van der Waals surface area contributed by atoms with Crippen molar-refractivity contribution in [2.75, 3.05) is 11.9 Å². The number of hydrogen-bond acceptors (Lipinski definition) is 3. The van der Waals surface area contributed by atoms with Gasteiger partial charge in [-0.1, -0.05) is 24.6 Å². The van der Waals surface area contributed by atoms with E-state index in [0.717, 1.165) is 37.5 Å². The molecule has 0 spiro atoms. The second kappa shape index (κ2) is 7.35. The Morgan fingerprint density at radius 1 is 1.04 bits per heavy atom. The van der Waals surface area contributed by atoms with E-state index in [1.807, 2.05) is 0 Å². The molecule has 0 amide bonds. The predicted octanol–water partition coefficient (Wildman–Crippen LogP) is 5.24. The SMILES string of the molecule is O=S(=O)(c1ccc(NCC2(c3cccc(C(F)(F)F)c3)CCC2)cc1)C(F)F. The van der Waals surface area contributed by atoms with Crippen LogP contribution in [-0.2, 0) is 21.4 Å². The van der Waals surface area contributed by atoms with Crippen molar-refractivity contribution in [3.8, 4) is 0 Å². The van der Waals surface area contributed by atoms with Crippen molar-refractivity contribution in [3.05, 3.63) is 59.7 Å². The van der Waals surface area contributed by atoms with Gasteiger partial charge in [0.2, 0.25) is 9.84 Å². The smallest absolute Gasteiger partial charge is 0.384 e. The monoisotopic (exact) mass is 419 g/mol. The van der Waals surface area contributed by atoms with Crippen molar-refractivity contribution in [2.45, 2.75) is 41.5 Å². The van der Waals surface area contributed by atoms with Crippen LogP contribution >= 0.6 is 0 Å². The van der Waals surface area contributed by atoms with E-state index >= 15 is 0 Å². The van der Waals surface area contributed by atoms with E-state index in [0.29, 0.717) is 17.8 Å². The van der Waals surface area contributed by atoms with Gasteiger partial charge in [-0.2, -0.15) is 22.0 Å². The third-order valence-corrected chi connectivity index (χ3v) is 6.56. The van der Waals surface area contributed by atoms with E-state index in [4.69, 9.17) is 0 Å². The summed E-state index contributed by atoms with van der Waals surface area (Å²) in [5.41, 5.74) is -0.0445. The van der Waals surface area contributed by atoms with Crippen molar-refractivity contribution in [1.82, 2.24) is 0 Å². The third kappa shape index (κ3) is 3.99. The molecule has 2 aromatic carbocycles. The Morgan fingerprint density at radius 2 is 1.68 bits per heavy atom. The minimum absolute atomic E-state index is 0.356. The molecule has 0 radical (unpaired) electrons. The summed E-state index contributed by atoms with van der Waals surface area (Å²) in [6.45, 7) is 0.356. The van der Waals surface area contributed by atoms with Crippen molar-refractivity contribution in [3.63, 3.8) is 0 Å². The molecular formula is C19H18F5NO2S. The number of anilines is 1. The summed E-state index contributed by atoms with van der Waals surface area (Å²) in [5.74, 6) is -3.49. The van der Waals surface area contributed by atoms with Crippen molar-refractivity contribution < 1.29 is 30.4 Å². The fourth-order valence-corrected chi connectivity index (χ4v) is 4.05. The number of sulfone groups is 1. The minimum Gasteiger partial charge on any atom is -0.384 e. The molecule has 9 heteroatoms. The fraction of sp³-hybridized carbons (Fsp3) is 0.368. The molecule has 0 bridgehead atoms. The van der Waals surface area contributed by atoms with Crippen LogP contribution in [0.2, 0.25) is 0 Å². The van der Waals surface area contributed by atoms with Crippen LogP contribution < -0.4 is 5.32 Å². The molecule has 152 valence electrons. The first-order chi connectivity index (χ1) is 13.0. The lowest BCUT2D eigenvalue weighted by atomic mass is 9.64. The van der Waals surface area contributed by atoms with E-state index in [1.54, 1.807) is 6.07 Å². The van der Waals surface area contributed by atoms with Gasteiger partial charge < -0.3 is 5.32 Å². The highest BCUT2D eigenvalue weighted by molar-refractivity contribution is 7.91. The first-order valence-electron chi connectivity index (χ1n) is 8.58. The van der Waals surface area contributed by atoms with Crippen LogP contribution in [0.4, 0.5) is 27.6 Å². The van der Waals surface area contributed by atoms with E-state index in [2.05, 4.69) is 5.32 Å². The zero-order valence-corrected chi connectivity index (χ0v) is 15.5. The van der Waals surface area contributed by atoms with Gasteiger partial charge in [0.25, 0.3) is 0 Å². The summed E-state index contributed by atoms with van der Waals surface area (Å²) in [6, 6.07) is 10.2. The second-order valence-corrected chi connectivity index (χ2v) is 8.81. The van der Waals surface area contributed by atoms with Crippen molar-refractivity contribution >= 4 is 15.5 Å². The molecule has 0 saturated heterocycles. The molecule has 0 aromatic heterocycles. The number of halogens is 5. The minimum atomic E-state index is -4.66. The van der Waals surface area contributed by atoms with Crippen LogP contribution in [0.1, 0.15) is 30.4 Å². The van der Waals surface area contributed by atoms with Crippen LogP contribution in [0.5, 0.6) is 0 Å². The van der Waals surface area contributed by atoms with Crippen molar-refractivity contribution in [1.29, 1.82) is 0 Å². The Hall–Kier alpha value is -2.16. The molecule has 1 fully saturated rings. The standard InChI is InChI=1S/C19H18F5NO2S/c20-17(21)28(26,27)16-7-5-15(6-8-16)25-12-18(9-2-10-18)13-3-1-4-14(11-13)19(22,23)24/h1,3-8,11,17,25H,2,9-10,12H2. The molecular weight excluding hydrogens is 401 g/mol. The molecule has 0 unspecified atom stereocenters. The van der Waals surface area contributed by atoms with Crippen LogP contribution in [0, 0.1) is 0 Å². The molecule has 3 rings (SSSR count). The number of rotatable bonds is 6. The average Bonchev–Trinajstić information content (AvgIpc) is 2.60. The number of alkyl halides is 5. The van der Waals surface area contributed by atoms with Gasteiger partial charge in [0.15, 0.2) is 0 Å². The molecule has 1 aliphatic rings. The molecule has 1 saturated carbocycles. The maximum Gasteiger partial charge on any atom is 0.416 e. The Balaban J connectivity index is 1.76. The highest BCUT2D eigenvalue weighted by Crippen LogP contribution is 2.45. The topological polar surface area (TPSA) is 46.2 Å². The highest BCUT2D eigenvalue weighted by Gasteiger charge is 2.40. The van der Waals surface area contributed by atoms with Gasteiger partial charge in [-0.15, -0.1) is 0 Å². The van der Waals surface area contributed by atoms with Crippen LogP contribution in [0.25, 0.3) is 0 Å². The third-order valence-electron chi connectivity index (χ3n) is 5.16. The quantitative estimate of drug-likeness (QED) is 0.652. The zero-order chi connectivity index (χ0) is 20.6. The summed E-state index contributed by atoms with van der Waals surface area (Å²) in [4.78, 5) is -0.482. The Kier molecular flexibility index (Phi) is 5.40. The normalized spacial score (nSPS) is 16.6. The van der Waals surface area contributed by atoms with Gasteiger partial charge in [0.05, 0.1) is 10.5 Å². The molecule has 2 aromatic rings. The molecule has 3 nitrogen and oxygen atoms in total. The van der Waals surface area contributed by atoms with E-state index in [1.165, 1.54) is 24.3 Å².